The zero-order valence-electron chi connectivity index (χ0n) is 16.7. The standard InChI is InChI=1S/C21H27N3O4/c1-14(2)12-24-20(26)17-7-5-4-6-16(17)19(22-24)21(27)28-13-18(25)23-10-8-15(3)9-11-23/h4-7,14-15H,8-13H2,1-3H3. The fraction of sp³-hybridized carbons (Fsp3) is 0.524. The summed E-state index contributed by atoms with van der Waals surface area (Å²) in [6.07, 6.45) is 1.93. The highest BCUT2D eigenvalue weighted by Crippen LogP contribution is 2.17. The molecule has 1 aromatic heterocycles. The lowest BCUT2D eigenvalue weighted by Gasteiger charge is -2.30. The molecule has 0 atom stereocenters. The Kier molecular flexibility index (Phi) is 6.11. The van der Waals surface area contributed by atoms with Crippen LogP contribution in [0.4, 0.5) is 0 Å². The lowest BCUT2D eigenvalue weighted by Crippen LogP contribution is -2.40. The minimum atomic E-state index is -0.688. The quantitative estimate of drug-likeness (QED) is 0.739. The lowest BCUT2D eigenvalue weighted by atomic mass is 9.99. The summed E-state index contributed by atoms with van der Waals surface area (Å²) < 4.78 is 6.57. The largest absolute Gasteiger partial charge is 0.451 e. The monoisotopic (exact) mass is 385 g/mol. The van der Waals surface area contributed by atoms with E-state index in [0.29, 0.717) is 36.3 Å². The Morgan fingerprint density at radius 3 is 2.46 bits per heavy atom. The number of ether oxygens (including phenoxy) is 1. The first-order valence-corrected chi connectivity index (χ1v) is 9.81. The van der Waals surface area contributed by atoms with E-state index in [9.17, 15) is 14.4 Å². The van der Waals surface area contributed by atoms with Crippen LogP contribution in [0, 0.1) is 11.8 Å². The Morgan fingerprint density at radius 2 is 1.82 bits per heavy atom. The first kappa shape index (κ1) is 20.0. The first-order chi connectivity index (χ1) is 13.4. The molecule has 0 unspecified atom stereocenters. The third kappa shape index (κ3) is 4.40. The van der Waals surface area contributed by atoms with E-state index in [-0.39, 0.29) is 29.7 Å². The van der Waals surface area contributed by atoms with Crippen molar-refractivity contribution in [2.75, 3.05) is 19.7 Å². The maximum absolute atomic E-state index is 12.7. The number of benzene rings is 1. The van der Waals surface area contributed by atoms with Crippen LogP contribution >= 0.6 is 0 Å². The number of rotatable bonds is 5. The van der Waals surface area contributed by atoms with Crippen molar-refractivity contribution < 1.29 is 14.3 Å². The molecule has 1 aliphatic heterocycles. The molecule has 0 aliphatic carbocycles. The number of nitrogens with zero attached hydrogens (tertiary/aromatic N) is 3. The summed E-state index contributed by atoms with van der Waals surface area (Å²) in [4.78, 5) is 39.4. The fourth-order valence-electron chi connectivity index (χ4n) is 3.40. The normalized spacial score (nSPS) is 15.2. The van der Waals surface area contributed by atoms with Crippen molar-refractivity contribution in [2.24, 2.45) is 11.8 Å². The second kappa shape index (κ2) is 8.54. The molecule has 7 nitrogen and oxygen atoms in total. The number of esters is 1. The van der Waals surface area contributed by atoms with E-state index < -0.39 is 5.97 Å². The molecule has 28 heavy (non-hydrogen) atoms. The van der Waals surface area contributed by atoms with Gasteiger partial charge in [-0.05, 0) is 30.7 Å². The SMILES string of the molecule is CC(C)Cn1nc(C(=O)OCC(=O)N2CCC(C)CC2)c2ccccc2c1=O. The van der Waals surface area contributed by atoms with Crippen LogP contribution in [-0.2, 0) is 16.1 Å². The van der Waals surface area contributed by atoms with E-state index in [4.69, 9.17) is 4.74 Å². The highest BCUT2D eigenvalue weighted by molar-refractivity contribution is 6.02. The summed E-state index contributed by atoms with van der Waals surface area (Å²) in [7, 11) is 0. The van der Waals surface area contributed by atoms with Gasteiger partial charge < -0.3 is 9.64 Å². The summed E-state index contributed by atoms with van der Waals surface area (Å²) in [6, 6.07) is 6.84. The highest BCUT2D eigenvalue weighted by Gasteiger charge is 2.23. The van der Waals surface area contributed by atoms with Gasteiger partial charge in [0.05, 0.1) is 5.39 Å². The van der Waals surface area contributed by atoms with Gasteiger partial charge in [0.15, 0.2) is 12.3 Å². The molecule has 0 N–H and O–H groups in total. The summed E-state index contributed by atoms with van der Waals surface area (Å²) in [6.45, 7) is 7.58. The minimum absolute atomic E-state index is 0.0657. The zero-order chi connectivity index (χ0) is 20.3. The molecule has 3 rings (SSSR count). The topological polar surface area (TPSA) is 81.5 Å². The van der Waals surface area contributed by atoms with E-state index in [1.807, 2.05) is 13.8 Å². The smallest absolute Gasteiger partial charge is 0.359 e. The van der Waals surface area contributed by atoms with Gasteiger partial charge in [0, 0.05) is 25.0 Å². The average Bonchev–Trinajstić information content (AvgIpc) is 2.68. The number of hydrogen-bond acceptors (Lipinski definition) is 5. The van der Waals surface area contributed by atoms with Crippen LogP contribution in [0.1, 0.15) is 44.1 Å². The predicted octanol–water partition coefficient (Wildman–Crippen LogP) is 2.47. The van der Waals surface area contributed by atoms with Gasteiger partial charge in [-0.2, -0.15) is 5.10 Å². The highest BCUT2D eigenvalue weighted by atomic mass is 16.5. The van der Waals surface area contributed by atoms with Crippen molar-refractivity contribution in [3.63, 3.8) is 0 Å². The molecular weight excluding hydrogens is 358 g/mol. The summed E-state index contributed by atoms with van der Waals surface area (Å²) in [5.74, 6) is -0.0741. The van der Waals surface area contributed by atoms with Gasteiger partial charge in [-0.25, -0.2) is 9.48 Å². The van der Waals surface area contributed by atoms with Gasteiger partial charge >= 0.3 is 5.97 Å². The van der Waals surface area contributed by atoms with Crippen molar-refractivity contribution >= 4 is 22.6 Å². The molecule has 1 aromatic carbocycles. The summed E-state index contributed by atoms with van der Waals surface area (Å²) in [5, 5.41) is 5.11. The van der Waals surface area contributed by atoms with E-state index in [0.717, 1.165) is 12.8 Å². The van der Waals surface area contributed by atoms with E-state index in [1.165, 1.54) is 4.68 Å². The molecule has 0 bridgehead atoms. The van der Waals surface area contributed by atoms with Crippen molar-refractivity contribution in [3.8, 4) is 0 Å². The molecule has 1 saturated heterocycles. The van der Waals surface area contributed by atoms with Crippen molar-refractivity contribution in [3.05, 3.63) is 40.3 Å². The fourth-order valence-corrected chi connectivity index (χ4v) is 3.40. The van der Waals surface area contributed by atoms with Gasteiger partial charge in [0.25, 0.3) is 11.5 Å². The van der Waals surface area contributed by atoms with Crippen LogP contribution in [-0.4, -0.2) is 46.3 Å². The average molecular weight is 385 g/mol. The molecule has 0 saturated carbocycles. The van der Waals surface area contributed by atoms with Crippen molar-refractivity contribution in [1.29, 1.82) is 0 Å². The molecule has 1 amide bonds. The van der Waals surface area contributed by atoms with Crippen LogP contribution in [0.5, 0.6) is 0 Å². The second-order valence-electron chi connectivity index (χ2n) is 7.91. The number of aromatic nitrogens is 2. The van der Waals surface area contributed by atoms with E-state index >= 15 is 0 Å². The number of likely N-dealkylation sites (tertiary alicyclic amines) is 1. The Morgan fingerprint density at radius 1 is 1.18 bits per heavy atom. The first-order valence-electron chi connectivity index (χ1n) is 9.81. The molecular formula is C21H27N3O4. The maximum Gasteiger partial charge on any atom is 0.359 e. The van der Waals surface area contributed by atoms with Crippen molar-refractivity contribution in [1.82, 2.24) is 14.7 Å². The number of hydrogen-bond donors (Lipinski definition) is 0. The van der Waals surface area contributed by atoms with Crippen LogP contribution in [0.2, 0.25) is 0 Å². The van der Waals surface area contributed by atoms with E-state index in [1.54, 1.807) is 29.2 Å². The Balaban J connectivity index is 1.80. The number of fused-ring (bicyclic) bond motifs is 1. The van der Waals surface area contributed by atoms with Gasteiger partial charge in [-0.3, -0.25) is 9.59 Å². The van der Waals surface area contributed by atoms with Crippen LogP contribution in [0.3, 0.4) is 0 Å². The van der Waals surface area contributed by atoms with Crippen molar-refractivity contribution in [2.45, 2.75) is 40.2 Å². The van der Waals surface area contributed by atoms with Gasteiger partial charge in [0.1, 0.15) is 0 Å². The lowest BCUT2D eigenvalue weighted by molar-refractivity contribution is -0.135. The number of carbonyl (C=O) groups is 2. The molecule has 2 aromatic rings. The summed E-state index contributed by atoms with van der Waals surface area (Å²) >= 11 is 0. The molecule has 0 radical (unpaired) electrons. The Labute approximate surface area is 164 Å². The number of amides is 1. The molecule has 7 heteroatoms. The minimum Gasteiger partial charge on any atom is -0.451 e. The molecule has 0 spiro atoms. The maximum atomic E-state index is 12.7. The molecule has 1 fully saturated rings. The van der Waals surface area contributed by atoms with Crippen LogP contribution in [0.25, 0.3) is 10.8 Å². The molecule has 150 valence electrons. The van der Waals surface area contributed by atoms with Crippen LogP contribution < -0.4 is 5.56 Å². The second-order valence-corrected chi connectivity index (χ2v) is 7.91. The summed E-state index contributed by atoms with van der Waals surface area (Å²) in [5.41, 5.74) is -0.171. The molecule has 1 aliphatic rings. The van der Waals surface area contributed by atoms with E-state index in [2.05, 4.69) is 12.0 Å². The Hall–Kier alpha value is -2.70. The number of carbonyl (C=O) groups excluding carboxylic acids is 2. The third-order valence-corrected chi connectivity index (χ3v) is 5.06. The predicted molar refractivity (Wildman–Crippen MR) is 106 cm³/mol. The van der Waals surface area contributed by atoms with Gasteiger partial charge in [-0.1, -0.05) is 39.0 Å². The Bertz CT molecular complexity index is 927. The van der Waals surface area contributed by atoms with Gasteiger partial charge in [0.2, 0.25) is 0 Å². The molecule has 2 heterocycles. The van der Waals surface area contributed by atoms with Crippen LogP contribution in [0.15, 0.2) is 29.1 Å². The number of piperidine rings is 1. The third-order valence-electron chi connectivity index (χ3n) is 5.06. The zero-order valence-corrected chi connectivity index (χ0v) is 16.7. The van der Waals surface area contributed by atoms with Gasteiger partial charge in [-0.15, -0.1) is 0 Å².